The summed E-state index contributed by atoms with van der Waals surface area (Å²) in [7, 11) is 0. The molecule has 0 radical (unpaired) electrons. The summed E-state index contributed by atoms with van der Waals surface area (Å²) in [6.45, 7) is 2.02. The Kier molecular flexibility index (Phi) is 3.63. The van der Waals surface area contributed by atoms with Crippen LogP contribution in [0.3, 0.4) is 0 Å². The third-order valence-corrected chi connectivity index (χ3v) is 3.28. The minimum atomic E-state index is -0.943. The molecule has 2 unspecified atom stereocenters. The number of aliphatic carboxylic acids is 1. The van der Waals surface area contributed by atoms with Crippen molar-refractivity contribution < 1.29 is 9.90 Å². The average Bonchev–Trinajstić information content (AvgIpc) is 2.37. The molecular weight excluding hydrogens is 226 g/mol. The van der Waals surface area contributed by atoms with E-state index < -0.39 is 12.0 Å². The minimum absolute atomic E-state index is 0.127. The first-order chi connectivity index (χ1) is 8.59. The van der Waals surface area contributed by atoms with Gasteiger partial charge in [0.15, 0.2) is 0 Å². The first-order valence-electron chi connectivity index (χ1n) is 6.05. The molecule has 2 rings (SSSR count). The standard InChI is InChI=1S/C15H17NO2/c1-10(9-14(16)15(17)18)12-8-4-6-11-5-2-3-7-13(11)12/h2-8,10,14H,9,16H2,1H3,(H,17,18). The van der Waals surface area contributed by atoms with Gasteiger partial charge >= 0.3 is 5.97 Å². The van der Waals surface area contributed by atoms with Gasteiger partial charge in [-0.25, -0.2) is 0 Å². The molecule has 2 atom stereocenters. The maximum atomic E-state index is 10.8. The van der Waals surface area contributed by atoms with E-state index in [1.165, 1.54) is 10.8 Å². The molecule has 0 saturated heterocycles. The normalized spacial score (nSPS) is 14.3. The Morgan fingerprint density at radius 1 is 1.22 bits per heavy atom. The molecule has 3 heteroatoms. The molecule has 0 aromatic heterocycles. The quantitative estimate of drug-likeness (QED) is 0.867. The van der Waals surface area contributed by atoms with Crippen LogP contribution in [0.25, 0.3) is 10.8 Å². The van der Waals surface area contributed by atoms with E-state index in [1.54, 1.807) is 0 Å². The predicted molar refractivity (Wildman–Crippen MR) is 72.6 cm³/mol. The Hall–Kier alpha value is -1.87. The van der Waals surface area contributed by atoms with Crippen LogP contribution in [0.1, 0.15) is 24.8 Å². The number of nitrogens with two attached hydrogens (primary N) is 1. The highest BCUT2D eigenvalue weighted by molar-refractivity contribution is 5.86. The Balaban J connectivity index is 2.33. The Morgan fingerprint density at radius 2 is 1.89 bits per heavy atom. The van der Waals surface area contributed by atoms with Gasteiger partial charge in [0, 0.05) is 0 Å². The van der Waals surface area contributed by atoms with Crippen molar-refractivity contribution in [2.45, 2.75) is 25.3 Å². The van der Waals surface area contributed by atoms with Gasteiger partial charge in [-0.15, -0.1) is 0 Å². The highest BCUT2D eigenvalue weighted by Crippen LogP contribution is 2.28. The molecule has 0 aliphatic heterocycles. The molecular formula is C15H17NO2. The number of hydrogen-bond donors (Lipinski definition) is 2. The van der Waals surface area contributed by atoms with Crippen molar-refractivity contribution in [1.82, 2.24) is 0 Å². The number of carbonyl (C=O) groups is 1. The van der Waals surface area contributed by atoms with Crippen LogP contribution in [0.4, 0.5) is 0 Å². The SMILES string of the molecule is CC(CC(N)C(=O)O)c1cccc2ccccc12. The number of carboxylic acid groups (broad SMARTS) is 1. The summed E-state index contributed by atoms with van der Waals surface area (Å²) in [5, 5.41) is 11.2. The van der Waals surface area contributed by atoms with E-state index in [1.807, 2.05) is 31.2 Å². The highest BCUT2D eigenvalue weighted by Gasteiger charge is 2.17. The van der Waals surface area contributed by atoms with E-state index in [-0.39, 0.29) is 5.92 Å². The van der Waals surface area contributed by atoms with Gasteiger partial charge in [0.25, 0.3) is 0 Å². The van der Waals surface area contributed by atoms with E-state index in [4.69, 9.17) is 10.8 Å². The Labute approximate surface area is 106 Å². The maximum Gasteiger partial charge on any atom is 0.320 e. The van der Waals surface area contributed by atoms with Gasteiger partial charge in [-0.2, -0.15) is 0 Å². The molecule has 0 amide bonds. The minimum Gasteiger partial charge on any atom is -0.480 e. The molecule has 0 bridgehead atoms. The molecule has 0 fully saturated rings. The third-order valence-electron chi connectivity index (χ3n) is 3.28. The van der Waals surface area contributed by atoms with Gasteiger partial charge in [-0.3, -0.25) is 4.79 Å². The van der Waals surface area contributed by atoms with Crippen LogP contribution in [0.2, 0.25) is 0 Å². The van der Waals surface area contributed by atoms with Crippen LogP contribution in [0, 0.1) is 0 Å². The lowest BCUT2D eigenvalue weighted by Crippen LogP contribution is -2.31. The van der Waals surface area contributed by atoms with Crippen molar-refractivity contribution in [3.8, 4) is 0 Å². The predicted octanol–water partition coefficient (Wildman–Crippen LogP) is 2.75. The van der Waals surface area contributed by atoms with Crippen LogP contribution in [0.15, 0.2) is 42.5 Å². The highest BCUT2D eigenvalue weighted by atomic mass is 16.4. The fourth-order valence-corrected chi connectivity index (χ4v) is 2.29. The lowest BCUT2D eigenvalue weighted by Gasteiger charge is -2.16. The van der Waals surface area contributed by atoms with Gasteiger partial charge in [0.05, 0.1) is 0 Å². The molecule has 0 spiro atoms. The monoisotopic (exact) mass is 243 g/mol. The van der Waals surface area contributed by atoms with E-state index in [9.17, 15) is 4.79 Å². The summed E-state index contributed by atoms with van der Waals surface area (Å²) < 4.78 is 0. The molecule has 18 heavy (non-hydrogen) atoms. The van der Waals surface area contributed by atoms with Gasteiger partial charge in [-0.05, 0) is 28.7 Å². The van der Waals surface area contributed by atoms with Gasteiger partial charge in [-0.1, -0.05) is 49.4 Å². The zero-order chi connectivity index (χ0) is 13.1. The summed E-state index contributed by atoms with van der Waals surface area (Å²) in [5.74, 6) is -0.815. The van der Waals surface area contributed by atoms with Gasteiger partial charge < -0.3 is 10.8 Å². The van der Waals surface area contributed by atoms with Crippen molar-refractivity contribution in [2.75, 3.05) is 0 Å². The average molecular weight is 243 g/mol. The number of fused-ring (bicyclic) bond motifs is 1. The number of benzene rings is 2. The Bertz CT molecular complexity index is 560. The first kappa shape index (κ1) is 12.6. The Morgan fingerprint density at radius 3 is 2.61 bits per heavy atom. The van der Waals surface area contributed by atoms with E-state index in [0.717, 1.165) is 5.56 Å². The second-order valence-corrected chi connectivity index (χ2v) is 4.65. The van der Waals surface area contributed by atoms with E-state index in [2.05, 4.69) is 18.2 Å². The fourth-order valence-electron chi connectivity index (χ4n) is 2.29. The molecule has 3 nitrogen and oxygen atoms in total. The summed E-state index contributed by atoms with van der Waals surface area (Å²) in [6, 6.07) is 13.4. The lowest BCUT2D eigenvalue weighted by molar-refractivity contribution is -0.138. The first-order valence-corrected chi connectivity index (χ1v) is 6.05. The van der Waals surface area contributed by atoms with E-state index >= 15 is 0 Å². The third kappa shape index (κ3) is 2.51. The molecule has 2 aromatic carbocycles. The van der Waals surface area contributed by atoms with Crippen LogP contribution in [0.5, 0.6) is 0 Å². The lowest BCUT2D eigenvalue weighted by atomic mass is 9.90. The summed E-state index contributed by atoms with van der Waals surface area (Å²) >= 11 is 0. The van der Waals surface area contributed by atoms with Gasteiger partial charge in [0.2, 0.25) is 0 Å². The second-order valence-electron chi connectivity index (χ2n) is 4.65. The zero-order valence-corrected chi connectivity index (χ0v) is 10.3. The molecule has 0 aliphatic carbocycles. The van der Waals surface area contributed by atoms with Crippen molar-refractivity contribution in [2.24, 2.45) is 5.73 Å². The number of carboxylic acids is 1. The van der Waals surface area contributed by atoms with Crippen LogP contribution >= 0.6 is 0 Å². The van der Waals surface area contributed by atoms with Crippen molar-refractivity contribution >= 4 is 16.7 Å². The molecule has 0 heterocycles. The molecule has 94 valence electrons. The summed E-state index contributed by atoms with van der Waals surface area (Å²) in [6.07, 6.45) is 0.448. The molecule has 2 aromatic rings. The van der Waals surface area contributed by atoms with Crippen molar-refractivity contribution in [1.29, 1.82) is 0 Å². The van der Waals surface area contributed by atoms with Crippen LogP contribution < -0.4 is 5.73 Å². The maximum absolute atomic E-state index is 10.8. The van der Waals surface area contributed by atoms with Crippen LogP contribution in [-0.4, -0.2) is 17.1 Å². The smallest absolute Gasteiger partial charge is 0.320 e. The molecule has 3 N–H and O–H groups in total. The largest absolute Gasteiger partial charge is 0.480 e. The van der Waals surface area contributed by atoms with Gasteiger partial charge in [0.1, 0.15) is 6.04 Å². The number of rotatable bonds is 4. The topological polar surface area (TPSA) is 63.3 Å². The van der Waals surface area contributed by atoms with E-state index in [0.29, 0.717) is 6.42 Å². The number of hydrogen-bond acceptors (Lipinski definition) is 2. The summed E-state index contributed by atoms with van der Waals surface area (Å²) in [5.41, 5.74) is 6.76. The second kappa shape index (κ2) is 5.19. The van der Waals surface area contributed by atoms with Crippen molar-refractivity contribution in [3.63, 3.8) is 0 Å². The zero-order valence-electron chi connectivity index (χ0n) is 10.3. The summed E-state index contributed by atoms with van der Waals surface area (Å²) in [4.78, 5) is 10.8. The molecule has 0 saturated carbocycles. The van der Waals surface area contributed by atoms with Crippen molar-refractivity contribution in [3.05, 3.63) is 48.0 Å². The fraction of sp³-hybridized carbons (Fsp3) is 0.267. The molecule has 0 aliphatic rings. The van der Waals surface area contributed by atoms with Crippen LogP contribution in [-0.2, 0) is 4.79 Å².